The van der Waals surface area contributed by atoms with E-state index in [2.05, 4.69) is 0 Å². The maximum Gasteiger partial charge on any atom is 0.170 e. The van der Waals surface area contributed by atoms with Gasteiger partial charge in [0, 0.05) is 28.8 Å². The van der Waals surface area contributed by atoms with Crippen molar-refractivity contribution in [1.82, 2.24) is 0 Å². The largest absolute Gasteiger partial charge is 0.508 e. The fourth-order valence-corrected chi connectivity index (χ4v) is 3.76. The molecule has 0 radical (unpaired) electrons. The molecule has 2 aromatic carbocycles. The number of aromatic hydroxyl groups is 1. The number of halogens is 2. The van der Waals surface area contributed by atoms with Crippen molar-refractivity contribution in [3.05, 3.63) is 57.1 Å². The van der Waals surface area contributed by atoms with Gasteiger partial charge in [0.05, 0.1) is 13.2 Å². The number of hydrogen-bond acceptors (Lipinski definition) is 4. The predicted molar refractivity (Wildman–Crippen MR) is 111 cm³/mol. The highest BCUT2D eigenvalue weighted by Crippen LogP contribution is 2.34. The molecule has 0 aliphatic carbocycles. The molecule has 1 aliphatic heterocycles. The number of hydrogen-bond donors (Lipinski definition) is 1. The number of Topliss-reactive ketones (excluding diaryl/α,β-unsaturated/α-hetero) is 1. The summed E-state index contributed by atoms with van der Waals surface area (Å²) in [5, 5.41) is 11.0. The first-order valence-electron chi connectivity index (χ1n) is 9.35. The van der Waals surface area contributed by atoms with Gasteiger partial charge in [0.1, 0.15) is 18.1 Å². The van der Waals surface area contributed by atoms with E-state index in [1.165, 1.54) is 0 Å². The molecule has 0 unspecified atom stereocenters. The third-order valence-corrected chi connectivity index (χ3v) is 5.51. The van der Waals surface area contributed by atoms with Crippen LogP contribution in [0.5, 0.6) is 11.5 Å². The predicted octanol–water partition coefficient (Wildman–Crippen LogP) is 5.40. The summed E-state index contributed by atoms with van der Waals surface area (Å²) in [6.07, 6.45) is 1.01. The minimum absolute atomic E-state index is 0.00177. The van der Waals surface area contributed by atoms with Crippen LogP contribution >= 0.6 is 23.2 Å². The van der Waals surface area contributed by atoms with Crippen molar-refractivity contribution in [3.63, 3.8) is 0 Å². The molecule has 3 rings (SSSR count). The second-order valence-electron chi connectivity index (χ2n) is 7.53. The summed E-state index contributed by atoms with van der Waals surface area (Å²) < 4.78 is 10.7. The zero-order chi connectivity index (χ0) is 20.3. The van der Waals surface area contributed by atoms with Crippen LogP contribution in [-0.2, 0) is 16.0 Å². The van der Waals surface area contributed by atoms with E-state index in [0.29, 0.717) is 47.8 Å². The standard InChI is InChI=1S/C22H24Cl2O4/c1-13(2)18-6-14(3-4-22(18)26)7-19-20(23)8-17(9-21(19)24)28-12-16(25)5-15-10-27-11-15/h3-4,6,8-9,13,15,26H,5,7,10-12H2,1-2H3. The molecule has 0 spiro atoms. The summed E-state index contributed by atoms with van der Waals surface area (Å²) >= 11 is 12.9. The fraction of sp³-hybridized carbons (Fsp3) is 0.409. The van der Waals surface area contributed by atoms with Gasteiger partial charge in [-0.3, -0.25) is 4.79 Å². The number of carbonyl (C=O) groups is 1. The molecule has 0 saturated carbocycles. The SMILES string of the molecule is CC(C)c1cc(Cc2c(Cl)cc(OCC(=O)CC3COC3)cc2Cl)ccc1O. The van der Waals surface area contributed by atoms with Crippen LogP contribution in [0.4, 0.5) is 0 Å². The molecule has 1 N–H and O–H groups in total. The number of phenolic OH excluding ortho intramolecular Hbond substituents is 1. The molecule has 1 saturated heterocycles. The summed E-state index contributed by atoms with van der Waals surface area (Å²) in [5.41, 5.74) is 2.69. The van der Waals surface area contributed by atoms with E-state index < -0.39 is 0 Å². The van der Waals surface area contributed by atoms with Crippen LogP contribution in [0.3, 0.4) is 0 Å². The van der Waals surface area contributed by atoms with E-state index >= 15 is 0 Å². The Balaban J connectivity index is 1.68. The van der Waals surface area contributed by atoms with Crippen LogP contribution < -0.4 is 4.74 Å². The van der Waals surface area contributed by atoms with Gasteiger partial charge in [-0.1, -0.05) is 49.2 Å². The number of rotatable bonds is 8. The van der Waals surface area contributed by atoms with Gasteiger partial charge in [-0.15, -0.1) is 0 Å². The molecule has 0 aromatic heterocycles. The first kappa shape index (κ1) is 21.0. The average molecular weight is 423 g/mol. The average Bonchev–Trinajstić information content (AvgIpc) is 2.60. The molecular weight excluding hydrogens is 399 g/mol. The summed E-state index contributed by atoms with van der Waals surface area (Å²) in [6, 6.07) is 8.91. The van der Waals surface area contributed by atoms with Gasteiger partial charge in [-0.05, 0) is 40.8 Å². The molecular formula is C22H24Cl2O4. The molecule has 150 valence electrons. The maximum absolute atomic E-state index is 11.9. The van der Waals surface area contributed by atoms with Crippen LogP contribution in [0.25, 0.3) is 0 Å². The summed E-state index contributed by atoms with van der Waals surface area (Å²) in [7, 11) is 0. The monoisotopic (exact) mass is 422 g/mol. The van der Waals surface area contributed by atoms with E-state index in [-0.39, 0.29) is 24.1 Å². The Labute approximate surface area is 175 Å². The van der Waals surface area contributed by atoms with Gasteiger partial charge in [-0.2, -0.15) is 0 Å². The third kappa shape index (κ3) is 5.19. The lowest BCUT2D eigenvalue weighted by molar-refractivity contribution is -0.126. The lowest BCUT2D eigenvalue weighted by Gasteiger charge is -2.25. The van der Waals surface area contributed by atoms with Crippen molar-refractivity contribution in [1.29, 1.82) is 0 Å². The van der Waals surface area contributed by atoms with Crippen LogP contribution in [0.1, 0.15) is 42.9 Å². The molecule has 1 heterocycles. The van der Waals surface area contributed by atoms with Gasteiger partial charge < -0.3 is 14.6 Å². The first-order valence-corrected chi connectivity index (χ1v) is 10.1. The number of ether oxygens (including phenoxy) is 2. The highest BCUT2D eigenvalue weighted by Gasteiger charge is 2.22. The van der Waals surface area contributed by atoms with E-state index in [1.54, 1.807) is 18.2 Å². The van der Waals surface area contributed by atoms with Crippen LogP contribution in [0.2, 0.25) is 10.0 Å². The van der Waals surface area contributed by atoms with Crippen LogP contribution in [-0.4, -0.2) is 30.7 Å². The topological polar surface area (TPSA) is 55.8 Å². The Morgan fingerprint density at radius 3 is 2.46 bits per heavy atom. The minimum atomic E-state index is -0.00177. The molecule has 4 nitrogen and oxygen atoms in total. The van der Waals surface area contributed by atoms with Crippen molar-refractivity contribution < 1.29 is 19.4 Å². The molecule has 0 atom stereocenters. The smallest absolute Gasteiger partial charge is 0.170 e. The Morgan fingerprint density at radius 1 is 1.21 bits per heavy atom. The zero-order valence-electron chi connectivity index (χ0n) is 16.0. The fourth-order valence-electron chi connectivity index (χ4n) is 3.16. The van der Waals surface area contributed by atoms with E-state index in [1.807, 2.05) is 26.0 Å². The van der Waals surface area contributed by atoms with E-state index in [0.717, 1.165) is 16.7 Å². The summed E-state index contributed by atoms with van der Waals surface area (Å²) in [6.45, 7) is 5.36. The van der Waals surface area contributed by atoms with Crippen molar-refractivity contribution >= 4 is 29.0 Å². The van der Waals surface area contributed by atoms with Crippen molar-refractivity contribution in [2.24, 2.45) is 5.92 Å². The molecule has 0 bridgehead atoms. The van der Waals surface area contributed by atoms with Crippen LogP contribution in [0.15, 0.2) is 30.3 Å². The lowest BCUT2D eigenvalue weighted by atomic mass is 9.96. The Morgan fingerprint density at radius 2 is 1.89 bits per heavy atom. The zero-order valence-corrected chi connectivity index (χ0v) is 17.5. The number of phenols is 1. The number of benzene rings is 2. The first-order chi connectivity index (χ1) is 13.3. The second-order valence-corrected chi connectivity index (χ2v) is 8.34. The van der Waals surface area contributed by atoms with Gasteiger partial charge in [0.2, 0.25) is 0 Å². The Kier molecular flexibility index (Phi) is 6.86. The van der Waals surface area contributed by atoms with Gasteiger partial charge in [0.25, 0.3) is 0 Å². The maximum atomic E-state index is 11.9. The van der Waals surface area contributed by atoms with Crippen molar-refractivity contribution in [3.8, 4) is 11.5 Å². The normalized spacial score (nSPS) is 14.2. The van der Waals surface area contributed by atoms with Crippen molar-refractivity contribution in [2.75, 3.05) is 19.8 Å². The summed E-state index contributed by atoms with van der Waals surface area (Å²) in [4.78, 5) is 11.9. The van der Waals surface area contributed by atoms with E-state index in [9.17, 15) is 9.90 Å². The Hall–Kier alpha value is -1.75. The third-order valence-electron chi connectivity index (χ3n) is 4.83. The second kappa shape index (κ2) is 9.17. The molecule has 1 fully saturated rings. The highest BCUT2D eigenvalue weighted by molar-refractivity contribution is 6.36. The number of carbonyl (C=O) groups excluding carboxylic acids is 1. The summed E-state index contributed by atoms with van der Waals surface area (Å²) in [5.74, 6) is 1.33. The quantitative estimate of drug-likeness (QED) is 0.618. The Bertz CT molecular complexity index is 837. The lowest BCUT2D eigenvalue weighted by Crippen LogP contribution is -2.31. The minimum Gasteiger partial charge on any atom is -0.508 e. The molecule has 0 amide bonds. The number of ketones is 1. The van der Waals surface area contributed by atoms with Gasteiger partial charge >= 0.3 is 0 Å². The van der Waals surface area contributed by atoms with Gasteiger partial charge in [0.15, 0.2) is 5.78 Å². The van der Waals surface area contributed by atoms with E-state index in [4.69, 9.17) is 32.7 Å². The van der Waals surface area contributed by atoms with Crippen LogP contribution in [0, 0.1) is 5.92 Å². The molecule has 28 heavy (non-hydrogen) atoms. The van der Waals surface area contributed by atoms with Crippen molar-refractivity contribution in [2.45, 2.75) is 32.6 Å². The highest BCUT2D eigenvalue weighted by atomic mass is 35.5. The molecule has 1 aliphatic rings. The van der Waals surface area contributed by atoms with Gasteiger partial charge in [-0.25, -0.2) is 0 Å². The molecule has 6 heteroatoms. The molecule has 2 aromatic rings.